The first-order valence-electron chi connectivity index (χ1n) is 3.80. The second kappa shape index (κ2) is 4.63. The van der Waals surface area contributed by atoms with Crippen LogP contribution in [0.1, 0.15) is 10.5 Å². The summed E-state index contributed by atoms with van der Waals surface area (Å²) < 4.78 is 40.7. The molecule has 0 fully saturated rings. The van der Waals surface area contributed by atoms with Crippen molar-refractivity contribution in [3.8, 4) is 5.75 Å². The van der Waals surface area contributed by atoms with E-state index in [1.165, 1.54) is 0 Å². The molecule has 1 rings (SSSR count). The van der Waals surface area contributed by atoms with Gasteiger partial charge in [-0.3, -0.25) is 0 Å². The molecule has 15 heavy (non-hydrogen) atoms. The van der Waals surface area contributed by atoms with Gasteiger partial charge < -0.3 is 9.84 Å². The van der Waals surface area contributed by atoms with Crippen LogP contribution >= 0.6 is 0 Å². The van der Waals surface area contributed by atoms with Crippen molar-refractivity contribution in [2.75, 3.05) is 6.61 Å². The Labute approximate surface area is 82.3 Å². The van der Waals surface area contributed by atoms with Crippen LogP contribution in [0.2, 0.25) is 0 Å². The summed E-state index contributed by atoms with van der Waals surface area (Å²) in [6.45, 7) is -0.895. The average molecular weight is 221 g/mol. The third-order valence-corrected chi connectivity index (χ3v) is 1.39. The number of carbonyl (C=O) groups is 1. The predicted octanol–water partition coefficient (Wildman–Crippen LogP) is 1.56. The van der Waals surface area contributed by atoms with Crippen LogP contribution < -0.4 is 4.74 Å². The first-order chi connectivity index (χ1) is 7.00. The van der Waals surface area contributed by atoms with Gasteiger partial charge in [0.15, 0.2) is 11.5 Å². The quantitative estimate of drug-likeness (QED) is 0.838. The average Bonchev–Trinajstić information content (AvgIpc) is 2.14. The molecule has 82 valence electrons. The van der Waals surface area contributed by atoms with Crippen molar-refractivity contribution in [1.82, 2.24) is 4.98 Å². The van der Waals surface area contributed by atoms with E-state index in [-0.39, 0.29) is 5.75 Å². The number of halogens is 3. The van der Waals surface area contributed by atoms with Gasteiger partial charge in [-0.1, -0.05) is 0 Å². The first-order valence-corrected chi connectivity index (χ1v) is 3.80. The van der Waals surface area contributed by atoms with Gasteiger partial charge in [-0.05, 0) is 0 Å². The SMILES string of the molecule is O=C(O)c1ncc(OCC(F)F)cc1F. The predicted molar refractivity (Wildman–Crippen MR) is 42.7 cm³/mol. The van der Waals surface area contributed by atoms with E-state index in [1.54, 1.807) is 0 Å². The summed E-state index contributed by atoms with van der Waals surface area (Å²) in [7, 11) is 0. The molecule has 7 heteroatoms. The standard InChI is InChI=1S/C8H6F3NO3/c9-5-1-4(15-3-6(10)11)2-12-7(5)8(13)14/h1-2,6H,3H2,(H,13,14). The third kappa shape index (κ3) is 3.12. The highest BCUT2D eigenvalue weighted by Crippen LogP contribution is 2.14. The highest BCUT2D eigenvalue weighted by molar-refractivity contribution is 5.85. The van der Waals surface area contributed by atoms with Crippen LogP contribution in [0.4, 0.5) is 13.2 Å². The molecule has 0 atom stereocenters. The number of aromatic carboxylic acids is 1. The Morgan fingerprint density at radius 2 is 2.27 bits per heavy atom. The van der Waals surface area contributed by atoms with Gasteiger partial charge in [0, 0.05) is 6.07 Å². The Hall–Kier alpha value is -1.79. The summed E-state index contributed by atoms with van der Waals surface area (Å²) in [5.74, 6) is -2.90. The highest BCUT2D eigenvalue weighted by atomic mass is 19.3. The fourth-order valence-electron chi connectivity index (χ4n) is 0.816. The van der Waals surface area contributed by atoms with E-state index in [2.05, 4.69) is 9.72 Å². The van der Waals surface area contributed by atoms with E-state index in [0.29, 0.717) is 6.07 Å². The molecular formula is C8H6F3NO3. The number of pyridine rings is 1. The number of aromatic nitrogens is 1. The lowest BCUT2D eigenvalue weighted by molar-refractivity contribution is 0.0682. The highest BCUT2D eigenvalue weighted by Gasteiger charge is 2.13. The minimum Gasteiger partial charge on any atom is -0.486 e. The molecule has 0 spiro atoms. The number of alkyl halides is 2. The van der Waals surface area contributed by atoms with Crippen molar-refractivity contribution in [3.05, 3.63) is 23.8 Å². The van der Waals surface area contributed by atoms with E-state index >= 15 is 0 Å². The van der Waals surface area contributed by atoms with Crippen LogP contribution in [-0.2, 0) is 0 Å². The number of ether oxygens (including phenoxy) is 1. The number of rotatable bonds is 4. The summed E-state index contributed by atoms with van der Waals surface area (Å²) in [6, 6.07) is 0.693. The molecule has 1 aromatic rings. The maximum absolute atomic E-state index is 12.9. The van der Waals surface area contributed by atoms with E-state index < -0.39 is 30.5 Å². The number of carboxylic acids is 1. The van der Waals surface area contributed by atoms with Crippen molar-refractivity contribution in [1.29, 1.82) is 0 Å². The molecule has 0 saturated carbocycles. The van der Waals surface area contributed by atoms with Crippen molar-refractivity contribution in [2.45, 2.75) is 6.43 Å². The van der Waals surface area contributed by atoms with E-state index in [4.69, 9.17) is 5.11 Å². The van der Waals surface area contributed by atoms with Gasteiger partial charge >= 0.3 is 5.97 Å². The second-order valence-electron chi connectivity index (χ2n) is 2.51. The number of carboxylic acid groups (broad SMARTS) is 1. The Morgan fingerprint density at radius 1 is 1.60 bits per heavy atom. The smallest absolute Gasteiger partial charge is 0.357 e. The van der Waals surface area contributed by atoms with Gasteiger partial charge in [-0.2, -0.15) is 0 Å². The van der Waals surface area contributed by atoms with Gasteiger partial charge in [-0.15, -0.1) is 0 Å². The van der Waals surface area contributed by atoms with E-state index in [1.807, 2.05) is 0 Å². The van der Waals surface area contributed by atoms with Crippen LogP contribution in [0.25, 0.3) is 0 Å². The van der Waals surface area contributed by atoms with Gasteiger partial charge in [0.1, 0.15) is 12.4 Å². The van der Waals surface area contributed by atoms with Crippen LogP contribution in [0, 0.1) is 5.82 Å². The van der Waals surface area contributed by atoms with Crippen molar-refractivity contribution in [2.24, 2.45) is 0 Å². The topological polar surface area (TPSA) is 59.4 Å². The molecule has 0 unspecified atom stereocenters. The molecule has 0 amide bonds. The van der Waals surface area contributed by atoms with Gasteiger partial charge in [0.25, 0.3) is 6.43 Å². The van der Waals surface area contributed by atoms with Crippen molar-refractivity contribution >= 4 is 5.97 Å². The summed E-state index contributed by atoms with van der Waals surface area (Å²) in [5.41, 5.74) is -0.778. The molecule has 1 N–H and O–H groups in total. The summed E-state index contributed by atoms with van der Waals surface area (Å²) in [4.78, 5) is 13.5. The molecule has 0 aliphatic carbocycles. The molecule has 0 radical (unpaired) electrons. The fraction of sp³-hybridized carbons (Fsp3) is 0.250. The fourth-order valence-corrected chi connectivity index (χ4v) is 0.816. The van der Waals surface area contributed by atoms with E-state index in [9.17, 15) is 18.0 Å². The number of hydrogen-bond acceptors (Lipinski definition) is 3. The molecule has 1 aromatic heterocycles. The molecule has 0 aliphatic rings. The molecule has 0 saturated heterocycles. The maximum Gasteiger partial charge on any atom is 0.357 e. The van der Waals surface area contributed by atoms with Crippen molar-refractivity contribution in [3.63, 3.8) is 0 Å². The van der Waals surface area contributed by atoms with Gasteiger partial charge in [0.05, 0.1) is 6.20 Å². The zero-order chi connectivity index (χ0) is 11.4. The molecule has 0 bridgehead atoms. The lowest BCUT2D eigenvalue weighted by Crippen LogP contribution is -2.09. The van der Waals surface area contributed by atoms with Crippen LogP contribution in [0.5, 0.6) is 5.75 Å². The second-order valence-corrected chi connectivity index (χ2v) is 2.51. The Balaban J connectivity index is 2.78. The van der Waals surface area contributed by atoms with E-state index in [0.717, 1.165) is 6.20 Å². The zero-order valence-electron chi connectivity index (χ0n) is 7.28. The van der Waals surface area contributed by atoms with Crippen molar-refractivity contribution < 1.29 is 27.8 Å². The van der Waals surface area contributed by atoms with Gasteiger partial charge in [-0.25, -0.2) is 22.9 Å². The number of nitrogens with zero attached hydrogens (tertiary/aromatic N) is 1. The maximum atomic E-state index is 12.9. The third-order valence-electron chi connectivity index (χ3n) is 1.39. The lowest BCUT2D eigenvalue weighted by atomic mass is 10.3. The monoisotopic (exact) mass is 221 g/mol. The Bertz CT molecular complexity index is 370. The largest absolute Gasteiger partial charge is 0.486 e. The molecule has 0 aromatic carbocycles. The summed E-state index contributed by atoms with van der Waals surface area (Å²) in [6.07, 6.45) is -1.82. The first kappa shape index (κ1) is 11.3. The summed E-state index contributed by atoms with van der Waals surface area (Å²) in [5, 5.41) is 8.41. The molecule has 4 nitrogen and oxygen atoms in total. The van der Waals surface area contributed by atoms with Crippen LogP contribution in [0.15, 0.2) is 12.3 Å². The molecule has 0 aliphatic heterocycles. The van der Waals surface area contributed by atoms with Gasteiger partial charge in [0.2, 0.25) is 0 Å². The Kier molecular flexibility index (Phi) is 3.48. The minimum atomic E-state index is -2.69. The zero-order valence-corrected chi connectivity index (χ0v) is 7.28. The molecular weight excluding hydrogens is 215 g/mol. The van der Waals surface area contributed by atoms with Crippen LogP contribution in [-0.4, -0.2) is 29.1 Å². The minimum absolute atomic E-state index is 0.238. The molecule has 1 heterocycles. The lowest BCUT2D eigenvalue weighted by Gasteiger charge is -2.05. The van der Waals surface area contributed by atoms with Crippen LogP contribution in [0.3, 0.4) is 0 Å². The number of hydrogen-bond donors (Lipinski definition) is 1. The Morgan fingerprint density at radius 3 is 2.73 bits per heavy atom. The summed E-state index contributed by atoms with van der Waals surface area (Å²) >= 11 is 0. The normalized spacial score (nSPS) is 10.4.